The second-order valence-electron chi connectivity index (χ2n) is 12.8. The number of halogens is 6. The van der Waals surface area contributed by atoms with Crippen molar-refractivity contribution in [1.29, 1.82) is 0 Å². The minimum absolute atomic E-state index is 0.0168. The average molecular weight is 961 g/mol. The Morgan fingerprint density at radius 3 is 0.883 bits per heavy atom. The summed E-state index contributed by atoms with van der Waals surface area (Å²) < 4.78 is 11.4. The summed E-state index contributed by atoms with van der Waals surface area (Å²) in [5.41, 5.74) is 5.03. The van der Waals surface area contributed by atoms with Gasteiger partial charge in [0.15, 0.2) is 0 Å². The Hall–Kier alpha value is -3.54. The molecule has 4 rings (SSSR count). The number of aromatic nitrogens is 12. The fraction of sp³-hybridized carbons (Fsp3) is 0.636. The molecular formula is C33H53Cl6N19O2. The first kappa shape index (κ1) is 52.6. The van der Waals surface area contributed by atoms with Gasteiger partial charge in [0.2, 0.25) is 67.4 Å². The van der Waals surface area contributed by atoms with Gasteiger partial charge in [-0.05, 0) is 123 Å². The van der Waals surface area contributed by atoms with Crippen LogP contribution in [0.5, 0.6) is 0 Å². The number of rotatable bonds is 23. The van der Waals surface area contributed by atoms with E-state index in [0.717, 1.165) is 38.9 Å². The van der Waals surface area contributed by atoms with Crippen molar-refractivity contribution < 1.29 is 9.47 Å². The van der Waals surface area contributed by atoms with Crippen LogP contribution >= 0.6 is 69.6 Å². The van der Waals surface area contributed by atoms with Gasteiger partial charge in [0.1, 0.15) is 0 Å². The minimum atomic E-state index is -0.0807. The molecule has 0 radical (unpaired) electrons. The maximum absolute atomic E-state index is 5.97. The third kappa shape index (κ3) is 23.5. The molecule has 21 nitrogen and oxygen atoms in total. The lowest BCUT2D eigenvalue weighted by molar-refractivity contribution is 0.122. The zero-order chi connectivity index (χ0) is 44.5. The van der Waals surface area contributed by atoms with E-state index < -0.39 is 0 Å². The molecule has 0 aromatic carbocycles. The van der Waals surface area contributed by atoms with Gasteiger partial charge in [-0.3, -0.25) is 0 Å². The van der Waals surface area contributed by atoms with Crippen LogP contribution < -0.4 is 37.6 Å². The highest BCUT2D eigenvalue weighted by molar-refractivity contribution is 6.31. The second-order valence-corrected chi connectivity index (χ2v) is 14.8. The molecule has 4 unspecified atom stereocenters. The van der Waals surface area contributed by atoms with Crippen molar-refractivity contribution in [3.63, 3.8) is 0 Å². The van der Waals surface area contributed by atoms with Crippen molar-refractivity contribution in [1.82, 2.24) is 59.8 Å². The molecule has 0 amide bonds. The maximum atomic E-state index is 5.97. The van der Waals surface area contributed by atoms with E-state index in [1.54, 1.807) is 0 Å². The van der Waals surface area contributed by atoms with Crippen molar-refractivity contribution in [2.45, 2.75) is 91.9 Å². The first-order valence-corrected chi connectivity index (χ1v) is 21.3. The minimum Gasteiger partial charge on any atom is -0.377 e. The molecule has 0 spiro atoms. The van der Waals surface area contributed by atoms with Gasteiger partial charge < -0.3 is 47.1 Å². The molecule has 4 heterocycles. The van der Waals surface area contributed by atoms with E-state index in [4.69, 9.17) is 84.8 Å². The summed E-state index contributed by atoms with van der Waals surface area (Å²) in [4.78, 5) is 48.0. The van der Waals surface area contributed by atoms with E-state index in [1.807, 2.05) is 27.7 Å². The summed E-state index contributed by atoms with van der Waals surface area (Å²) in [5, 5.41) is 18.9. The summed E-state index contributed by atoms with van der Waals surface area (Å²) in [6, 6.07) is -0.243. The first-order valence-electron chi connectivity index (χ1n) is 19.0. The molecule has 0 fully saturated rings. The van der Waals surface area contributed by atoms with Crippen LogP contribution in [-0.2, 0) is 9.47 Å². The van der Waals surface area contributed by atoms with Crippen molar-refractivity contribution in [3.05, 3.63) is 31.7 Å². The molecule has 0 bridgehead atoms. The molecular weight excluding hydrogens is 907 g/mol. The number of nitrogens with zero attached hydrogens (tertiary/aromatic N) is 12. The van der Waals surface area contributed by atoms with Gasteiger partial charge >= 0.3 is 0 Å². The SMILES string of the molecule is CC(COCC(C)Nc1nc(Cl)nc(Cl)n1)Nc1nc(Cl)nc(Cl)n1.CCCN.CCCNc1nc(Cl)nc(NC(C)COCC(C)Nc2nc(Cl)nc(NCCC)n2)n1. The summed E-state index contributed by atoms with van der Waals surface area (Å²) in [5.74, 6) is 2.24. The van der Waals surface area contributed by atoms with Gasteiger partial charge in [-0.25, -0.2) is 0 Å². The Balaban J connectivity index is 0.000000386. The lowest BCUT2D eigenvalue weighted by Gasteiger charge is -2.18. The number of nitrogens with one attached hydrogen (secondary N) is 6. The summed E-state index contributed by atoms with van der Waals surface area (Å²) in [6.45, 7) is 17.9. The number of hydrogen-bond acceptors (Lipinski definition) is 21. The van der Waals surface area contributed by atoms with Gasteiger partial charge in [-0.15, -0.1) is 0 Å². The molecule has 0 aliphatic rings. The molecule has 0 saturated heterocycles. The Morgan fingerprint density at radius 1 is 0.400 bits per heavy atom. The summed E-state index contributed by atoms with van der Waals surface area (Å²) >= 11 is 34.8. The van der Waals surface area contributed by atoms with Crippen molar-refractivity contribution in [2.24, 2.45) is 5.73 Å². The van der Waals surface area contributed by atoms with Gasteiger partial charge in [0.25, 0.3) is 0 Å². The standard InChI is InChI=1S/C18H30Cl2N10O.C12H14Cl4N8O.C3H9N/c1-5-7-21-15-25-13(19)27-17(29-15)23-11(3)9-31-10-12(4)24-18-28-14(20)26-16(30-18)22-8-6-2;1-5(17-11-21-7(13)19-8(14)22-11)3-25-4-6(2)18-12-23-9(15)20-10(16)24-12;1-2-3-4/h11-12H,5-10H2,1-4H3,(H2,21,23,25,27,29)(H2,22,24,26,28,30);5-6H,3-4H2,1-2H3,(H,17,19,21,22)(H,18,20,23,24);2-4H2,1H3. The molecule has 4 aromatic rings. The van der Waals surface area contributed by atoms with Crippen LogP contribution in [0, 0.1) is 0 Å². The number of nitrogens with two attached hydrogens (primary N) is 1. The Bertz CT molecular complexity index is 1660. The third-order valence-corrected chi connectivity index (χ3v) is 7.72. The van der Waals surface area contributed by atoms with Crippen LogP contribution in [0.1, 0.15) is 67.7 Å². The highest BCUT2D eigenvalue weighted by Gasteiger charge is 2.13. The second kappa shape index (κ2) is 29.7. The molecule has 8 N–H and O–H groups in total. The Labute approximate surface area is 380 Å². The topological polar surface area (TPSA) is 271 Å². The third-order valence-electron chi connectivity index (χ3n) is 6.71. The maximum Gasteiger partial charge on any atom is 0.229 e. The van der Waals surface area contributed by atoms with Gasteiger partial charge in [-0.2, -0.15) is 59.8 Å². The largest absolute Gasteiger partial charge is 0.377 e. The van der Waals surface area contributed by atoms with E-state index in [1.165, 1.54) is 0 Å². The van der Waals surface area contributed by atoms with Crippen LogP contribution in [0.4, 0.5) is 35.7 Å². The van der Waals surface area contributed by atoms with Gasteiger partial charge in [0, 0.05) is 37.3 Å². The molecule has 60 heavy (non-hydrogen) atoms. The normalized spacial score (nSPS) is 12.7. The quantitative estimate of drug-likeness (QED) is 0.0409. The summed E-state index contributed by atoms with van der Waals surface area (Å²) in [7, 11) is 0. The predicted molar refractivity (Wildman–Crippen MR) is 240 cm³/mol. The molecule has 27 heteroatoms. The van der Waals surface area contributed by atoms with Crippen molar-refractivity contribution >= 4 is 105 Å². The zero-order valence-electron chi connectivity index (χ0n) is 34.4. The molecule has 334 valence electrons. The van der Waals surface area contributed by atoms with Crippen LogP contribution in [0.15, 0.2) is 0 Å². The number of hydrogen-bond donors (Lipinski definition) is 7. The average Bonchev–Trinajstić information content (AvgIpc) is 3.15. The molecule has 0 aliphatic carbocycles. The zero-order valence-corrected chi connectivity index (χ0v) is 38.9. The van der Waals surface area contributed by atoms with E-state index in [9.17, 15) is 0 Å². The smallest absolute Gasteiger partial charge is 0.229 e. The Morgan fingerprint density at radius 2 is 0.633 bits per heavy atom. The highest BCUT2D eigenvalue weighted by Crippen LogP contribution is 2.14. The molecule has 4 aromatic heterocycles. The van der Waals surface area contributed by atoms with Gasteiger partial charge in [0.05, 0.1) is 26.4 Å². The predicted octanol–water partition coefficient (Wildman–Crippen LogP) is 6.67. The molecule has 0 saturated carbocycles. The fourth-order valence-corrected chi connectivity index (χ4v) is 5.18. The van der Waals surface area contributed by atoms with Gasteiger partial charge in [-0.1, -0.05) is 20.8 Å². The van der Waals surface area contributed by atoms with E-state index >= 15 is 0 Å². The van der Waals surface area contributed by atoms with Crippen molar-refractivity contribution in [2.75, 3.05) is 78.0 Å². The molecule has 4 atom stereocenters. The number of ether oxygens (including phenoxy) is 2. The lowest BCUT2D eigenvalue weighted by atomic mass is 10.3. The summed E-state index contributed by atoms with van der Waals surface area (Å²) in [6.07, 6.45) is 3.01. The molecule has 0 aliphatic heterocycles. The fourth-order valence-electron chi connectivity index (χ4n) is 4.13. The first-order chi connectivity index (χ1) is 28.6. The van der Waals surface area contributed by atoms with E-state index in [-0.39, 0.29) is 67.8 Å². The Kier molecular flexibility index (Phi) is 26.0. The highest BCUT2D eigenvalue weighted by atomic mass is 35.5. The van der Waals surface area contributed by atoms with Crippen LogP contribution in [-0.4, -0.2) is 130 Å². The monoisotopic (exact) mass is 957 g/mol. The van der Waals surface area contributed by atoms with E-state index in [2.05, 4.69) is 112 Å². The van der Waals surface area contributed by atoms with E-state index in [0.29, 0.717) is 50.2 Å². The van der Waals surface area contributed by atoms with Crippen molar-refractivity contribution in [3.8, 4) is 0 Å². The van der Waals surface area contributed by atoms with Crippen LogP contribution in [0.25, 0.3) is 0 Å². The van der Waals surface area contributed by atoms with Crippen LogP contribution in [0.3, 0.4) is 0 Å². The van der Waals surface area contributed by atoms with Crippen LogP contribution in [0.2, 0.25) is 31.7 Å². The number of anilines is 6. The lowest BCUT2D eigenvalue weighted by Crippen LogP contribution is -2.28.